The third-order valence-corrected chi connectivity index (χ3v) is 5.21. The number of nitrogens with zero attached hydrogens (tertiary/aromatic N) is 1. The van der Waals surface area contributed by atoms with Crippen LogP contribution in [0.2, 0.25) is 0 Å². The molecule has 1 aliphatic heterocycles. The van der Waals surface area contributed by atoms with E-state index in [2.05, 4.69) is 27.6 Å². The van der Waals surface area contributed by atoms with Crippen LogP contribution in [0.25, 0.3) is 10.9 Å². The molecule has 2 amide bonds. The van der Waals surface area contributed by atoms with E-state index in [0.717, 1.165) is 13.9 Å². The number of carboxylic acid groups (broad SMARTS) is 1. The molecule has 7 heteroatoms. The van der Waals surface area contributed by atoms with Gasteiger partial charge in [0, 0.05) is 21.0 Å². The van der Waals surface area contributed by atoms with Crippen molar-refractivity contribution in [2.75, 3.05) is 6.54 Å². The predicted octanol–water partition coefficient (Wildman–Crippen LogP) is 1.97. The van der Waals surface area contributed by atoms with Crippen LogP contribution in [0.4, 0.5) is 0 Å². The molecule has 1 aliphatic rings. The molecular weight excluding hydrogens is 447 g/mol. The van der Waals surface area contributed by atoms with Crippen LogP contribution < -0.4 is 5.11 Å². The van der Waals surface area contributed by atoms with Gasteiger partial charge in [-0.2, -0.15) is 0 Å². The summed E-state index contributed by atoms with van der Waals surface area (Å²) >= 11 is 2.15. The fourth-order valence-electron chi connectivity index (χ4n) is 3.32. The number of carbonyl (C=O) groups is 3. The van der Waals surface area contributed by atoms with Crippen LogP contribution in [0.5, 0.6) is 0 Å². The number of carbonyl (C=O) groups excluding carboxylic acids is 3. The monoisotopic (exact) mass is 459 g/mol. The summed E-state index contributed by atoms with van der Waals surface area (Å²) < 4.78 is 0.959. The van der Waals surface area contributed by atoms with Gasteiger partial charge in [-0.05, 0) is 64.9 Å². The second-order valence-corrected chi connectivity index (χ2v) is 7.26. The Morgan fingerprint density at radius 2 is 1.73 bits per heavy atom. The molecule has 4 rings (SSSR count). The molecule has 6 nitrogen and oxygen atoms in total. The Bertz CT molecular complexity index is 1050. The Labute approximate surface area is 161 Å². The molecule has 0 fully saturated rings. The number of H-pyrrole nitrogens is 1. The van der Waals surface area contributed by atoms with E-state index in [1.807, 2.05) is 12.1 Å². The highest BCUT2D eigenvalue weighted by molar-refractivity contribution is 14.1. The number of carboxylic acids is 1. The maximum atomic E-state index is 12.5. The minimum atomic E-state index is -1.31. The quantitative estimate of drug-likeness (QED) is 0.477. The first kappa shape index (κ1) is 16.8. The van der Waals surface area contributed by atoms with Crippen LogP contribution in [0.1, 0.15) is 36.8 Å². The van der Waals surface area contributed by atoms with E-state index in [1.54, 1.807) is 30.3 Å². The van der Waals surface area contributed by atoms with Gasteiger partial charge in [0.1, 0.15) is 0 Å². The lowest BCUT2D eigenvalue weighted by atomic mass is 10.1. The largest absolute Gasteiger partial charge is 0.543 e. The van der Waals surface area contributed by atoms with Crippen molar-refractivity contribution in [2.45, 2.75) is 6.42 Å². The van der Waals surface area contributed by atoms with Crippen molar-refractivity contribution in [3.8, 4) is 0 Å². The number of aromatic carboxylic acids is 1. The lowest BCUT2D eigenvalue weighted by Crippen LogP contribution is -2.32. The van der Waals surface area contributed by atoms with Crippen molar-refractivity contribution < 1.29 is 19.5 Å². The second-order valence-electron chi connectivity index (χ2n) is 6.01. The van der Waals surface area contributed by atoms with Crippen LogP contribution >= 0.6 is 22.6 Å². The van der Waals surface area contributed by atoms with Gasteiger partial charge < -0.3 is 14.9 Å². The molecule has 0 saturated carbocycles. The van der Waals surface area contributed by atoms with Crippen molar-refractivity contribution in [3.63, 3.8) is 0 Å². The molecule has 2 aromatic carbocycles. The highest BCUT2D eigenvalue weighted by Crippen LogP contribution is 2.27. The number of amides is 2. The van der Waals surface area contributed by atoms with Crippen LogP contribution in [-0.2, 0) is 6.42 Å². The Balaban J connectivity index is 1.68. The minimum Gasteiger partial charge on any atom is -0.543 e. The van der Waals surface area contributed by atoms with Gasteiger partial charge in [-0.25, -0.2) is 0 Å². The van der Waals surface area contributed by atoms with Crippen molar-refractivity contribution in [1.29, 1.82) is 0 Å². The van der Waals surface area contributed by atoms with Crippen molar-refractivity contribution in [2.24, 2.45) is 0 Å². The number of fused-ring (bicyclic) bond motifs is 2. The molecule has 0 aliphatic carbocycles. The van der Waals surface area contributed by atoms with Gasteiger partial charge in [-0.1, -0.05) is 12.1 Å². The molecule has 0 saturated heterocycles. The number of nitrogens with one attached hydrogen (secondary N) is 1. The summed E-state index contributed by atoms with van der Waals surface area (Å²) in [5.74, 6) is -2.02. The summed E-state index contributed by atoms with van der Waals surface area (Å²) in [5, 5.41) is 12.2. The molecule has 1 aromatic heterocycles. The van der Waals surface area contributed by atoms with E-state index in [4.69, 9.17) is 0 Å². The minimum absolute atomic E-state index is 0.0152. The maximum absolute atomic E-state index is 12.5. The number of aromatic amines is 1. The number of benzene rings is 2. The smallest absolute Gasteiger partial charge is 0.261 e. The van der Waals surface area contributed by atoms with Crippen molar-refractivity contribution in [3.05, 3.63) is 68.4 Å². The zero-order valence-corrected chi connectivity index (χ0v) is 15.6. The predicted molar refractivity (Wildman–Crippen MR) is 101 cm³/mol. The fraction of sp³-hybridized carbons (Fsp3) is 0.105. The average molecular weight is 459 g/mol. The van der Waals surface area contributed by atoms with Gasteiger partial charge in [0.05, 0.1) is 22.8 Å². The zero-order valence-electron chi connectivity index (χ0n) is 13.4. The van der Waals surface area contributed by atoms with E-state index in [9.17, 15) is 19.5 Å². The van der Waals surface area contributed by atoms with Crippen LogP contribution in [0.15, 0.2) is 42.5 Å². The zero-order chi connectivity index (χ0) is 18.4. The number of aromatic nitrogens is 1. The van der Waals surface area contributed by atoms with Gasteiger partial charge >= 0.3 is 0 Å². The number of imide groups is 1. The molecular formula is C19H12IN2O4-. The highest BCUT2D eigenvalue weighted by Gasteiger charge is 2.34. The number of halogens is 1. The third kappa shape index (κ3) is 2.59. The summed E-state index contributed by atoms with van der Waals surface area (Å²) in [6.07, 6.45) is 0.231. The van der Waals surface area contributed by atoms with E-state index < -0.39 is 5.97 Å². The molecule has 26 heavy (non-hydrogen) atoms. The molecule has 0 spiro atoms. The first-order valence-electron chi connectivity index (χ1n) is 7.94. The number of rotatable bonds is 4. The molecule has 0 radical (unpaired) electrons. The lowest BCUT2D eigenvalue weighted by Gasteiger charge is -2.14. The second kappa shape index (κ2) is 6.24. The first-order chi connectivity index (χ1) is 12.5. The van der Waals surface area contributed by atoms with Crippen LogP contribution in [0, 0.1) is 3.57 Å². The Hall–Kier alpha value is -2.68. The maximum Gasteiger partial charge on any atom is 0.261 e. The summed E-state index contributed by atoms with van der Waals surface area (Å²) in [6.45, 7) is 0.102. The van der Waals surface area contributed by atoms with Crippen LogP contribution in [-0.4, -0.2) is 34.2 Å². The molecule has 0 atom stereocenters. The Morgan fingerprint density at radius 1 is 1.08 bits per heavy atom. The van der Waals surface area contributed by atoms with Gasteiger partial charge in [-0.3, -0.25) is 14.5 Å². The first-order valence-corrected chi connectivity index (χ1v) is 9.02. The van der Waals surface area contributed by atoms with E-state index in [0.29, 0.717) is 22.2 Å². The molecule has 3 aromatic rings. The molecule has 0 unspecified atom stereocenters. The standard InChI is InChI=1S/C19H13IN2O4/c20-10-5-6-15-14(9-10)11(16(21-15)19(25)26)7-8-22-17(23)12-3-1-2-4-13(12)18(22)24/h1-6,9,21H,7-8H2,(H,25,26)/p-1. The van der Waals surface area contributed by atoms with E-state index >= 15 is 0 Å². The molecule has 0 bridgehead atoms. The van der Waals surface area contributed by atoms with E-state index in [1.165, 1.54) is 0 Å². The van der Waals surface area contributed by atoms with Crippen molar-refractivity contribution >= 4 is 51.3 Å². The summed E-state index contributed by atoms with van der Waals surface area (Å²) in [7, 11) is 0. The lowest BCUT2D eigenvalue weighted by molar-refractivity contribution is -0.255. The van der Waals surface area contributed by atoms with Crippen molar-refractivity contribution in [1.82, 2.24) is 9.88 Å². The third-order valence-electron chi connectivity index (χ3n) is 4.54. The fourth-order valence-corrected chi connectivity index (χ4v) is 3.81. The highest BCUT2D eigenvalue weighted by atomic mass is 127. The average Bonchev–Trinajstić information content (AvgIpc) is 3.10. The van der Waals surface area contributed by atoms with Gasteiger partial charge in [0.15, 0.2) is 0 Å². The Morgan fingerprint density at radius 3 is 2.35 bits per heavy atom. The van der Waals surface area contributed by atoms with Gasteiger partial charge in [-0.15, -0.1) is 0 Å². The molecule has 130 valence electrons. The number of hydrogen-bond donors (Lipinski definition) is 1. The summed E-state index contributed by atoms with van der Waals surface area (Å²) in [4.78, 5) is 40.4. The Kier molecular flexibility index (Phi) is 4.03. The normalized spacial score (nSPS) is 13.5. The topological polar surface area (TPSA) is 93.3 Å². The van der Waals surface area contributed by atoms with Gasteiger partial charge in [0.25, 0.3) is 11.8 Å². The summed E-state index contributed by atoms with van der Waals surface area (Å²) in [5.41, 5.74) is 1.97. The SMILES string of the molecule is O=C([O-])c1[nH]c2ccc(I)cc2c1CCN1C(=O)c2ccccc2C1=O. The summed E-state index contributed by atoms with van der Waals surface area (Å²) in [6, 6.07) is 12.2. The van der Waals surface area contributed by atoms with E-state index in [-0.39, 0.29) is 30.5 Å². The molecule has 1 N–H and O–H groups in total. The van der Waals surface area contributed by atoms with Crippen LogP contribution in [0.3, 0.4) is 0 Å². The molecule has 2 heterocycles. The van der Waals surface area contributed by atoms with Gasteiger partial charge in [0.2, 0.25) is 0 Å². The number of hydrogen-bond acceptors (Lipinski definition) is 4.